The maximum absolute atomic E-state index is 12.6. The molecule has 124 valence electrons. The lowest BCUT2D eigenvalue weighted by Gasteiger charge is -2.13. The topological polar surface area (TPSA) is 69.9 Å². The number of anilines is 1. The van der Waals surface area contributed by atoms with Crippen LogP contribution in [0.1, 0.15) is 27.5 Å². The van der Waals surface area contributed by atoms with Gasteiger partial charge < -0.3 is 4.90 Å². The first-order chi connectivity index (χ1) is 11.2. The maximum Gasteiger partial charge on any atom is 0.417 e. The van der Waals surface area contributed by atoms with Crippen LogP contribution in [0.5, 0.6) is 0 Å². The van der Waals surface area contributed by atoms with Crippen LogP contribution in [-0.4, -0.2) is 29.8 Å². The summed E-state index contributed by atoms with van der Waals surface area (Å²) in [6.07, 6.45) is -2.48. The van der Waals surface area contributed by atoms with Crippen LogP contribution in [-0.2, 0) is 6.18 Å². The number of carbonyl (C=O) groups is 1. The molecule has 2 aromatic rings. The molecule has 0 aliphatic heterocycles. The zero-order valence-electron chi connectivity index (χ0n) is 12.9. The highest BCUT2D eigenvalue weighted by Gasteiger charge is 2.31. The summed E-state index contributed by atoms with van der Waals surface area (Å²) in [5.74, 6) is -1.31. The second-order valence-electron chi connectivity index (χ2n) is 5.19. The lowest BCUT2D eigenvalue weighted by atomic mass is 9.95. The summed E-state index contributed by atoms with van der Waals surface area (Å²) in [6.45, 7) is 0. The van der Waals surface area contributed by atoms with Crippen molar-refractivity contribution < 1.29 is 18.0 Å². The van der Waals surface area contributed by atoms with Gasteiger partial charge in [0.25, 0.3) is 0 Å². The monoisotopic (exact) mass is 334 g/mol. The van der Waals surface area contributed by atoms with E-state index in [1.807, 2.05) is 0 Å². The van der Waals surface area contributed by atoms with Gasteiger partial charge in [-0.05, 0) is 24.3 Å². The predicted octanol–water partition coefficient (Wildman–Crippen LogP) is 3.05. The quantitative estimate of drug-likeness (QED) is 0.804. The summed E-state index contributed by atoms with van der Waals surface area (Å²) >= 11 is 0. The molecule has 2 aromatic heterocycles. The third-order valence-electron chi connectivity index (χ3n) is 3.29. The highest BCUT2D eigenvalue weighted by Crippen LogP contribution is 2.29. The van der Waals surface area contributed by atoms with Gasteiger partial charge in [0.2, 0.25) is 0 Å². The molecule has 0 aliphatic rings. The van der Waals surface area contributed by atoms with Gasteiger partial charge in [0.15, 0.2) is 11.7 Å². The molecule has 1 atom stereocenters. The van der Waals surface area contributed by atoms with Crippen molar-refractivity contribution in [2.24, 2.45) is 0 Å². The molecule has 0 saturated carbocycles. The molecule has 0 unspecified atom stereocenters. The molecule has 2 heterocycles. The van der Waals surface area contributed by atoms with Gasteiger partial charge in [-0.15, -0.1) is 0 Å². The van der Waals surface area contributed by atoms with Gasteiger partial charge in [0.05, 0.1) is 17.3 Å². The van der Waals surface area contributed by atoms with E-state index in [2.05, 4.69) is 9.97 Å². The van der Waals surface area contributed by atoms with Crippen LogP contribution < -0.4 is 4.90 Å². The number of carbonyl (C=O) groups excluding carboxylic acids is 1. The fraction of sp³-hybridized carbons (Fsp3) is 0.250. The Balaban J connectivity index is 2.33. The molecular weight excluding hydrogens is 321 g/mol. The minimum Gasteiger partial charge on any atom is -0.363 e. The first-order valence-electron chi connectivity index (χ1n) is 6.84. The van der Waals surface area contributed by atoms with E-state index < -0.39 is 23.4 Å². The lowest BCUT2D eigenvalue weighted by molar-refractivity contribution is -0.137. The van der Waals surface area contributed by atoms with Crippen LogP contribution in [0, 0.1) is 11.3 Å². The number of hydrogen-bond donors (Lipinski definition) is 0. The minimum absolute atomic E-state index is 0.0290. The van der Waals surface area contributed by atoms with Gasteiger partial charge in [-0.25, -0.2) is 4.98 Å². The van der Waals surface area contributed by atoms with Gasteiger partial charge in [-0.3, -0.25) is 9.78 Å². The van der Waals surface area contributed by atoms with Crippen LogP contribution in [0.4, 0.5) is 19.0 Å². The van der Waals surface area contributed by atoms with Crippen LogP contribution >= 0.6 is 0 Å². The number of alkyl halides is 3. The molecule has 0 bridgehead atoms. The largest absolute Gasteiger partial charge is 0.417 e. The number of ketones is 1. The average Bonchev–Trinajstić information content (AvgIpc) is 2.55. The Morgan fingerprint density at radius 3 is 2.46 bits per heavy atom. The van der Waals surface area contributed by atoms with Crippen molar-refractivity contribution in [1.82, 2.24) is 9.97 Å². The molecule has 0 saturated heterocycles. The second kappa shape index (κ2) is 6.66. The third kappa shape index (κ3) is 3.68. The van der Waals surface area contributed by atoms with Crippen molar-refractivity contribution in [2.75, 3.05) is 19.0 Å². The molecule has 8 heteroatoms. The van der Waals surface area contributed by atoms with E-state index in [9.17, 15) is 23.2 Å². The van der Waals surface area contributed by atoms with Crippen molar-refractivity contribution in [3.8, 4) is 6.07 Å². The van der Waals surface area contributed by atoms with E-state index in [0.29, 0.717) is 12.0 Å². The Morgan fingerprint density at radius 2 is 1.96 bits per heavy atom. The summed E-state index contributed by atoms with van der Waals surface area (Å²) in [7, 11) is 3.49. The van der Waals surface area contributed by atoms with Crippen LogP contribution in [0.3, 0.4) is 0 Å². The summed E-state index contributed by atoms with van der Waals surface area (Å²) in [4.78, 5) is 21.9. The molecule has 0 radical (unpaired) electrons. The highest BCUT2D eigenvalue weighted by molar-refractivity contribution is 6.02. The van der Waals surface area contributed by atoms with Gasteiger partial charge in [0.1, 0.15) is 5.82 Å². The van der Waals surface area contributed by atoms with Crippen LogP contribution in [0.15, 0.2) is 36.7 Å². The van der Waals surface area contributed by atoms with Crippen LogP contribution in [0.25, 0.3) is 0 Å². The fourth-order valence-electron chi connectivity index (χ4n) is 1.99. The van der Waals surface area contributed by atoms with Gasteiger partial charge in [-0.2, -0.15) is 18.4 Å². The Morgan fingerprint density at radius 1 is 1.25 bits per heavy atom. The summed E-state index contributed by atoms with van der Waals surface area (Å²) < 4.78 is 37.7. The van der Waals surface area contributed by atoms with Crippen LogP contribution in [0.2, 0.25) is 0 Å². The summed E-state index contributed by atoms with van der Waals surface area (Å²) in [5, 5.41) is 9.26. The summed E-state index contributed by atoms with van der Waals surface area (Å²) in [6, 6.07) is 6.60. The molecule has 2 rings (SSSR count). The fourth-order valence-corrected chi connectivity index (χ4v) is 1.99. The Kier molecular flexibility index (Phi) is 4.83. The second-order valence-corrected chi connectivity index (χ2v) is 5.19. The van der Waals surface area contributed by atoms with Gasteiger partial charge in [0, 0.05) is 32.1 Å². The molecule has 0 amide bonds. The smallest absolute Gasteiger partial charge is 0.363 e. The number of rotatable bonds is 4. The third-order valence-corrected chi connectivity index (χ3v) is 3.29. The molecule has 5 nitrogen and oxygen atoms in total. The SMILES string of the molecule is CN(C)c1cc(C(=O)[C@@H](C#N)c2ccc(C(F)(F)F)cn2)ccn1. The first kappa shape index (κ1) is 17.4. The normalized spacial score (nSPS) is 12.3. The molecule has 24 heavy (non-hydrogen) atoms. The van der Waals surface area contributed by atoms with E-state index in [0.717, 1.165) is 12.1 Å². The molecule has 0 spiro atoms. The van der Waals surface area contributed by atoms with Crippen molar-refractivity contribution in [3.63, 3.8) is 0 Å². The maximum atomic E-state index is 12.6. The van der Waals surface area contributed by atoms with Crippen molar-refractivity contribution in [2.45, 2.75) is 12.1 Å². The van der Waals surface area contributed by atoms with Crippen molar-refractivity contribution in [1.29, 1.82) is 5.26 Å². The lowest BCUT2D eigenvalue weighted by Crippen LogP contribution is -2.16. The molecule has 0 fully saturated rings. The van der Waals surface area contributed by atoms with E-state index in [1.165, 1.54) is 18.3 Å². The number of hydrogen-bond acceptors (Lipinski definition) is 5. The molecule has 0 aliphatic carbocycles. The van der Waals surface area contributed by atoms with Crippen molar-refractivity contribution in [3.05, 3.63) is 53.5 Å². The average molecular weight is 334 g/mol. The zero-order valence-corrected chi connectivity index (χ0v) is 12.9. The molecular formula is C16H13F3N4O. The van der Waals surface area contributed by atoms with Gasteiger partial charge >= 0.3 is 6.18 Å². The Labute approximate surface area is 136 Å². The number of pyridine rings is 2. The predicted molar refractivity (Wildman–Crippen MR) is 80.5 cm³/mol. The number of nitriles is 1. The van der Waals surface area contributed by atoms with E-state index >= 15 is 0 Å². The number of halogens is 3. The van der Waals surface area contributed by atoms with E-state index in [4.69, 9.17) is 0 Å². The minimum atomic E-state index is -4.52. The number of Topliss-reactive ketones (excluding diaryl/α,β-unsaturated/α-hetero) is 1. The van der Waals surface area contributed by atoms with E-state index in [1.54, 1.807) is 25.1 Å². The zero-order chi connectivity index (χ0) is 17.9. The standard InChI is InChI=1S/C16H13F3N4O/c1-23(2)14-7-10(5-6-21-14)15(24)12(8-20)13-4-3-11(9-22-13)16(17,18)19/h3-7,9,12H,1-2H3/t12-/m0/s1. The number of aromatic nitrogens is 2. The summed E-state index contributed by atoms with van der Waals surface area (Å²) in [5.41, 5.74) is -0.727. The Bertz CT molecular complexity index is 779. The van der Waals surface area contributed by atoms with Gasteiger partial charge in [-0.1, -0.05) is 0 Å². The first-order valence-corrected chi connectivity index (χ1v) is 6.84. The van der Waals surface area contributed by atoms with Crippen molar-refractivity contribution >= 4 is 11.6 Å². The highest BCUT2D eigenvalue weighted by atomic mass is 19.4. The van der Waals surface area contributed by atoms with E-state index in [-0.39, 0.29) is 11.3 Å². The number of nitrogens with zero attached hydrogens (tertiary/aromatic N) is 4. The molecule has 0 N–H and O–H groups in total. The molecule has 0 aromatic carbocycles. The Hall–Kier alpha value is -2.95.